The molecule has 10 radical (unpaired) electrons. The number of aromatic nitrogens is 3. The zero-order valence-electron chi connectivity index (χ0n) is 19.2. The second kappa shape index (κ2) is 12.5. The van der Waals surface area contributed by atoms with E-state index in [1.54, 1.807) is 27.9 Å². The molecule has 2 saturated carbocycles. The number of rotatable bonds is 5. The van der Waals surface area contributed by atoms with Crippen molar-refractivity contribution >= 4 is 17.7 Å². The molecule has 2 atom stereocenters. The summed E-state index contributed by atoms with van der Waals surface area (Å²) in [6.07, 6.45) is 23.5. The van der Waals surface area contributed by atoms with E-state index in [2.05, 4.69) is 10.3 Å². The molecule has 36 heavy (non-hydrogen) atoms. The summed E-state index contributed by atoms with van der Waals surface area (Å²) in [6, 6.07) is 15.0. The number of carbonyl (C=O) groups excluding carboxylic acids is 1. The normalized spacial score (nSPS) is 21.7. The van der Waals surface area contributed by atoms with Crippen molar-refractivity contribution in [2.24, 2.45) is 0 Å². The molecule has 1 aliphatic heterocycles. The van der Waals surface area contributed by atoms with Gasteiger partial charge in [0.25, 0.3) is 5.91 Å². The molecule has 3 aliphatic rings. The topological polar surface area (TPSA) is 51.0 Å². The number of hydrogen-bond acceptors (Lipinski definition) is 3. The number of halogens is 1. The molecule has 2 aromatic carbocycles. The molecule has 5 nitrogen and oxygen atoms in total. The summed E-state index contributed by atoms with van der Waals surface area (Å²) in [5.41, 5.74) is 2.40. The van der Waals surface area contributed by atoms with Gasteiger partial charge in [0.1, 0.15) is 5.82 Å². The number of amides is 1. The van der Waals surface area contributed by atoms with E-state index in [4.69, 9.17) is 0 Å². The van der Waals surface area contributed by atoms with Crippen molar-refractivity contribution < 1.29 is 26.3 Å². The molecule has 1 amide bonds. The summed E-state index contributed by atoms with van der Waals surface area (Å²) >= 11 is 0. The average Bonchev–Trinajstić information content (AvgIpc) is 3.68. The SMILES string of the molecule is O=C1[C@@H](n2cc([C]3[CH][CH][CH][CH]3)nn2)[C@@H](/C=C/c2ccccc2)N1c1ccc(F)cc1.[CH]1[CH][CH][CH][CH]1.[Fe+2]. The Morgan fingerprint density at radius 3 is 2.11 bits per heavy atom. The molecule has 0 N–H and O–H groups in total. The average molecular weight is 518 g/mol. The second-order valence-electron chi connectivity index (χ2n) is 8.11. The zero-order chi connectivity index (χ0) is 24.0. The number of β-lactam (4-membered cyclic amide) rings is 1. The van der Waals surface area contributed by atoms with Crippen LogP contribution in [0.3, 0.4) is 0 Å². The van der Waals surface area contributed by atoms with Gasteiger partial charge in [0, 0.05) is 11.6 Å². The predicted molar refractivity (Wildman–Crippen MR) is 133 cm³/mol. The van der Waals surface area contributed by atoms with E-state index < -0.39 is 6.04 Å². The van der Waals surface area contributed by atoms with Crippen molar-refractivity contribution in [3.05, 3.63) is 148 Å². The Morgan fingerprint density at radius 2 is 1.47 bits per heavy atom. The minimum absolute atomic E-state index is 0. The Morgan fingerprint density at radius 1 is 0.833 bits per heavy atom. The third kappa shape index (κ3) is 5.96. The fourth-order valence-corrected chi connectivity index (χ4v) is 4.04. The number of hydrogen-bond donors (Lipinski definition) is 0. The molecule has 2 aliphatic carbocycles. The largest absolute Gasteiger partial charge is 2.00 e. The van der Waals surface area contributed by atoms with Gasteiger partial charge >= 0.3 is 17.1 Å². The van der Waals surface area contributed by atoms with Crippen molar-refractivity contribution in [3.8, 4) is 0 Å². The van der Waals surface area contributed by atoms with Gasteiger partial charge in [-0.3, -0.25) is 4.79 Å². The third-order valence-electron chi connectivity index (χ3n) is 5.81. The summed E-state index contributed by atoms with van der Waals surface area (Å²) in [7, 11) is 0. The van der Waals surface area contributed by atoms with E-state index in [9.17, 15) is 9.18 Å². The maximum atomic E-state index is 13.4. The first-order chi connectivity index (χ1) is 17.2. The zero-order valence-corrected chi connectivity index (χ0v) is 20.3. The van der Waals surface area contributed by atoms with Crippen molar-refractivity contribution in [2.45, 2.75) is 12.1 Å². The van der Waals surface area contributed by atoms with Gasteiger partial charge in [-0.2, -0.15) is 0 Å². The molecule has 1 aromatic heterocycles. The fourth-order valence-electron chi connectivity index (χ4n) is 4.04. The molecule has 3 aromatic rings. The first-order valence-electron chi connectivity index (χ1n) is 11.3. The van der Waals surface area contributed by atoms with Crippen LogP contribution in [0.4, 0.5) is 10.1 Å². The van der Waals surface area contributed by atoms with Crippen molar-refractivity contribution in [3.63, 3.8) is 0 Å². The molecule has 178 valence electrons. The summed E-state index contributed by atoms with van der Waals surface area (Å²) in [5, 5.41) is 8.44. The van der Waals surface area contributed by atoms with Crippen LogP contribution < -0.4 is 4.90 Å². The molecule has 1 saturated heterocycles. The molecule has 7 heteroatoms. The van der Waals surface area contributed by atoms with Crippen LogP contribution in [0.25, 0.3) is 6.08 Å². The van der Waals surface area contributed by atoms with Gasteiger partial charge in [0.05, 0.1) is 17.9 Å². The van der Waals surface area contributed by atoms with E-state index in [1.165, 1.54) is 12.1 Å². The van der Waals surface area contributed by atoms with E-state index in [0.29, 0.717) is 5.69 Å². The maximum absolute atomic E-state index is 13.4. The van der Waals surface area contributed by atoms with Crippen LogP contribution in [-0.2, 0) is 21.9 Å². The third-order valence-corrected chi connectivity index (χ3v) is 5.81. The number of anilines is 1. The van der Waals surface area contributed by atoms with E-state index >= 15 is 0 Å². The van der Waals surface area contributed by atoms with Crippen molar-refractivity contribution in [1.29, 1.82) is 0 Å². The molecule has 0 bridgehead atoms. The second-order valence-corrected chi connectivity index (χ2v) is 8.11. The number of carbonyl (C=O) groups is 1. The summed E-state index contributed by atoms with van der Waals surface area (Å²) in [5.74, 6) is 0.512. The quantitative estimate of drug-likeness (QED) is 0.358. The van der Waals surface area contributed by atoms with Gasteiger partial charge in [0.15, 0.2) is 6.04 Å². The first kappa shape index (κ1) is 26.3. The van der Waals surface area contributed by atoms with Crippen LogP contribution in [0.5, 0.6) is 0 Å². The Labute approximate surface area is 223 Å². The molecule has 0 spiro atoms. The van der Waals surface area contributed by atoms with Crippen molar-refractivity contribution in [1.82, 2.24) is 15.0 Å². The van der Waals surface area contributed by atoms with Gasteiger partial charge in [0.2, 0.25) is 0 Å². The van der Waals surface area contributed by atoms with Crippen LogP contribution >= 0.6 is 0 Å². The van der Waals surface area contributed by atoms with Gasteiger partial charge in [-0.25, -0.2) is 9.07 Å². The fraction of sp³-hybridized carbons (Fsp3) is 0.0690. The first-order valence-corrected chi connectivity index (χ1v) is 11.3. The minimum atomic E-state index is -0.508. The van der Waals surface area contributed by atoms with Crippen LogP contribution in [0.2, 0.25) is 0 Å². The van der Waals surface area contributed by atoms with Crippen LogP contribution in [-0.4, -0.2) is 26.9 Å². The Hall–Kier alpha value is -2.76. The Bertz CT molecular complexity index is 1130. The predicted octanol–water partition coefficient (Wildman–Crippen LogP) is 4.86. The number of benzene rings is 2. The maximum Gasteiger partial charge on any atom is 2.00 e. The number of nitrogens with zero attached hydrogens (tertiary/aromatic N) is 4. The van der Waals surface area contributed by atoms with E-state index in [1.807, 2.05) is 100 Å². The smallest absolute Gasteiger partial charge is 0.301 e. The van der Waals surface area contributed by atoms with Gasteiger partial charge in [-0.1, -0.05) is 47.7 Å². The summed E-state index contributed by atoms with van der Waals surface area (Å²) in [6.45, 7) is 0. The molecule has 2 heterocycles. The van der Waals surface area contributed by atoms with Gasteiger partial charge in [-0.15, -0.1) is 5.10 Å². The standard InChI is InChI=1S/C24H18FN4O.C5H5.Fe/c25-19-11-13-20(14-12-19)29-22(15-10-17-6-2-1-3-7-17)23(24(29)30)28-16-21(26-27-28)18-8-4-5-9-18;1-2-4-5-3-1;/h1-16,22-23H;1-5H;/q;;+2/b15-10+;;/t22-,23+;;/m1../s1. The van der Waals surface area contributed by atoms with Gasteiger partial charge < -0.3 is 4.90 Å². The molecule has 3 fully saturated rings. The molecular weight excluding hydrogens is 495 g/mol. The molecule has 6 rings (SSSR count). The van der Waals surface area contributed by atoms with Crippen LogP contribution in [0.1, 0.15) is 17.3 Å². The summed E-state index contributed by atoms with van der Waals surface area (Å²) in [4.78, 5) is 14.7. The molecule has 0 unspecified atom stereocenters. The van der Waals surface area contributed by atoms with Crippen LogP contribution in [0, 0.1) is 69.5 Å². The van der Waals surface area contributed by atoms with Crippen LogP contribution in [0.15, 0.2) is 66.9 Å². The monoisotopic (exact) mass is 518 g/mol. The van der Waals surface area contributed by atoms with E-state index in [-0.39, 0.29) is 34.8 Å². The van der Waals surface area contributed by atoms with E-state index in [0.717, 1.165) is 17.2 Å². The molecular formula is C29H23FFeN4O+2. The Balaban J connectivity index is 0.000000455. The Kier molecular flexibility index (Phi) is 9.11. The van der Waals surface area contributed by atoms with Crippen molar-refractivity contribution in [2.75, 3.05) is 4.90 Å². The minimum Gasteiger partial charge on any atom is -0.301 e. The van der Waals surface area contributed by atoms with Gasteiger partial charge in [-0.05, 0) is 87.6 Å². The summed E-state index contributed by atoms with van der Waals surface area (Å²) < 4.78 is 15.0.